The van der Waals surface area contributed by atoms with Crippen LogP contribution in [0.15, 0.2) is 77.7 Å². The van der Waals surface area contributed by atoms with Crippen LogP contribution in [0.25, 0.3) is 0 Å². The monoisotopic (exact) mass is 441 g/mol. The van der Waals surface area contributed by atoms with Crippen LogP contribution in [0.5, 0.6) is 5.75 Å². The Balaban J connectivity index is 2.05. The van der Waals surface area contributed by atoms with Crippen LogP contribution in [0.3, 0.4) is 0 Å². The number of Topliss-reactive ketones (excluding diaryl/α,β-unsaturated/α-hetero) is 1. The largest absolute Gasteiger partial charge is 0.495 e. The molecule has 0 saturated carbocycles. The zero-order chi connectivity index (χ0) is 22.4. The molecule has 0 N–H and O–H groups in total. The van der Waals surface area contributed by atoms with E-state index in [1.807, 2.05) is 13.0 Å². The number of benzene rings is 3. The maximum atomic E-state index is 14.0. The molecule has 0 saturated heterocycles. The number of methoxy groups -OCH3 is 1. The van der Waals surface area contributed by atoms with Gasteiger partial charge < -0.3 is 4.74 Å². The van der Waals surface area contributed by atoms with Gasteiger partial charge in [-0.1, -0.05) is 49.4 Å². The summed E-state index contributed by atoms with van der Waals surface area (Å²) in [6, 6.07) is 19.1. The first kappa shape index (κ1) is 22.5. The number of nitrogens with zero attached hydrogens (tertiary/aromatic N) is 1. The van der Waals surface area contributed by atoms with Gasteiger partial charge in [-0.2, -0.15) is 0 Å². The van der Waals surface area contributed by atoms with Crippen molar-refractivity contribution in [1.29, 1.82) is 0 Å². The number of aryl methyl sites for hydroxylation is 1. The molecule has 0 aromatic heterocycles. The number of carbonyl (C=O) groups is 1. The Morgan fingerprint density at radius 1 is 1.00 bits per heavy atom. The topological polar surface area (TPSA) is 63.7 Å². The summed E-state index contributed by atoms with van der Waals surface area (Å²) in [5.41, 5.74) is 1.39. The zero-order valence-electron chi connectivity index (χ0n) is 17.4. The molecule has 0 aliphatic rings. The standard InChI is InChI=1S/C24H24FNO4S/c1-3-18-13-14-24(30-2)23(15-18)26(31(28,29)21-10-5-4-6-11-21)17-20(27)16-19-9-7-8-12-22(19)25/h4-15H,3,16-17H2,1-2H3. The fraction of sp³-hybridized carbons (Fsp3) is 0.208. The molecule has 0 radical (unpaired) electrons. The summed E-state index contributed by atoms with van der Waals surface area (Å²) in [5.74, 6) is -0.608. The molecule has 162 valence electrons. The highest BCUT2D eigenvalue weighted by Gasteiger charge is 2.29. The van der Waals surface area contributed by atoms with Crippen molar-refractivity contribution in [3.63, 3.8) is 0 Å². The summed E-state index contributed by atoms with van der Waals surface area (Å²) in [6.45, 7) is 1.50. The van der Waals surface area contributed by atoms with E-state index >= 15 is 0 Å². The van der Waals surface area contributed by atoms with E-state index in [0.29, 0.717) is 12.2 Å². The molecule has 0 bridgehead atoms. The molecule has 0 spiro atoms. The summed E-state index contributed by atoms with van der Waals surface area (Å²) >= 11 is 0. The molecule has 0 aliphatic carbocycles. The number of ketones is 1. The zero-order valence-corrected chi connectivity index (χ0v) is 18.2. The molecule has 5 nitrogen and oxygen atoms in total. The number of hydrogen-bond donors (Lipinski definition) is 0. The summed E-state index contributed by atoms with van der Waals surface area (Å²) in [5, 5.41) is 0. The average Bonchev–Trinajstić information content (AvgIpc) is 2.79. The molecule has 7 heteroatoms. The minimum atomic E-state index is -4.07. The van der Waals surface area contributed by atoms with E-state index < -0.39 is 28.2 Å². The minimum Gasteiger partial charge on any atom is -0.495 e. The molecular weight excluding hydrogens is 417 g/mol. The molecule has 0 amide bonds. The van der Waals surface area contributed by atoms with Crippen LogP contribution >= 0.6 is 0 Å². The second-order valence-electron chi connectivity index (χ2n) is 6.99. The van der Waals surface area contributed by atoms with E-state index in [1.165, 1.54) is 37.4 Å². The highest BCUT2D eigenvalue weighted by atomic mass is 32.2. The lowest BCUT2D eigenvalue weighted by Gasteiger charge is -2.26. The fourth-order valence-corrected chi connectivity index (χ4v) is 4.71. The van der Waals surface area contributed by atoms with Gasteiger partial charge in [0.05, 0.1) is 24.2 Å². The highest BCUT2D eigenvalue weighted by molar-refractivity contribution is 7.92. The van der Waals surface area contributed by atoms with Gasteiger partial charge in [-0.25, -0.2) is 12.8 Å². The third-order valence-corrected chi connectivity index (χ3v) is 6.69. The van der Waals surface area contributed by atoms with Crippen molar-refractivity contribution in [2.24, 2.45) is 0 Å². The second kappa shape index (κ2) is 9.75. The lowest BCUT2D eigenvalue weighted by molar-refractivity contribution is -0.117. The van der Waals surface area contributed by atoms with E-state index in [2.05, 4.69) is 0 Å². The Hall–Kier alpha value is -3.19. The number of ether oxygens (including phenoxy) is 1. The lowest BCUT2D eigenvalue weighted by atomic mass is 10.1. The van der Waals surface area contributed by atoms with Gasteiger partial charge in [0.25, 0.3) is 10.0 Å². The predicted molar refractivity (Wildman–Crippen MR) is 118 cm³/mol. The van der Waals surface area contributed by atoms with E-state index in [1.54, 1.807) is 36.4 Å². The normalized spacial score (nSPS) is 11.2. The van der Waals surface area contributed by atoms with Gasteiger partial charge in [0.1, 0.15) is 11.6 Å². The van der Waals surface area contributed by atoms with Crippen molar-refractivity contribution < 1.29 is 22.3 Å². The summed E-state index contributed by atoms with van der Waals surface area (Å²) in [7, 11) is -2.63. The van der Waals surface area contributed by atoms with E-state index in [4.69, 9.17) is 4.74 Å². The molecule has 0 fully saturated rings. The van der Waals surface area contributed by atoms with E-state index in [0.717, 1.165) is 9.87 Å². The van der Waals surface area contributed by atoms with Gasteiger partial charge in [-0.3, -0.25) is 9.10 Å². The summed E-state index contributed by atoms with van der Waals surface area (Å²) in [6.07, 6.45) is 0.461. The van der Waals surface area contributed by atoms with Crippen LogP contribution in [-0.4, -0.2) is 27.9 Å². The fourth-order valence-electron chi connectivity index (χ4n) is 3.24. The lowest BCUT2D eigenvalue weighted by Crippen LogP contribution is -2.36. The Morgan fingerprint density at radius 2 is 1.68 bits per heavy atom. The Kier molecular flexibility index (Phi) is 7.07. The molecule has 3 rings (SSSR count). The first-order chi connectivity index (χ1) is 14.9. The van der Waals surface area contributed by atoms with Gasteiger partial charge in [0.2, 0.25) is 0 Å². The number of carbonyl (C=O) groups excluding carboxylic acids is 1. The Labute approximate surface area is 182 Å². The van der Waals surface area contributed by atoms with Crippen molar-refractivity contribution in [2.45, 2.75) is 24.7 Å². The minimum absolute atomic E-state index is 0.0534. The van der Waals surface area contributed by atoms with Gasteiger partial charge >= 0.3 is 0 Å². The summed E-state index contributed by atoms with van der Waals surface area (Å²) in [4.78, 5) is 12.9. The molecule has 0 aliphatic heterocycles. The molecule has 0 heterocycles. The molecule has 0 atom stereocenters. The molecule has 0 unspecified atom stereocenters. The third kappa shape index (κ3) is 5.11. The summed E-state index contributed by atoms with van der Waals surface area (Å²) < 4.78 is 47.5. The van der Waals surface area contributed by atoms with Crippen LogP contribution in [0, 0.1) is 5.82 Å². The first-order valence-corrected chi connectivity index (χ1v) is 11.3. The van der Waals surface area contributed by atoms with Gasteiger partial charge in [-0.05, 0) is 47.9 Å². The smallest absolute Gasteiger partial charge is 0.264 e. The van der Waals surface area contributed by atoms with Crippen LogP contribution in [0.4, 0.5) is 10.1 Å². The van der Waals surface area contributed by atoms with Gasteiger partial charge in [0, 0.05) is 6.42 Å². The van der Waals surface area contributed by atoms with Crippen LogP contribution in [0.1, 0.15) is 18.1 Å². The number of sulfonamides is 1. The van der Waals surface area contributed by atoms with Gasteiger partial charge in [-0.15, -0.1) is 0 Å². The van der Waals surface area contributed by atoms with Crippen molar-refractivity contribution in [3.8, 4) is 5.75 Å². The first-order valence-electron chi connectivity index (χ1n) is 9.86. The van der Waals surface area contributed by atoms with Gasteiger partial charge in [0.15, 0.2) is 5.78 Å². The number of anilines is 1. The van der Waals surface area contributed by atoms with Crippen molar-refractivity contribution >= 4 is 21.5 Å². The van der Waals surface area contributed by atoms with E-state index in [-0.39, 0.29) is 22.6 Å². The molecule has 3 aromatic rings. The Bertz CT molecular complexity index is 1160. The van der Waals surface area contributed by atoms with Crippen molar-refractivity contribution in [3.05, 3.63) is 89.7 Å². The average molecular weight is 442 g/mol. The maximum absolute atomic E-state index is 14.0. The third-order valence-electron chi connectivity index (χ3n) is 4.92. The second-order valence-corrected chi connectivity index (χ2v) is 8.85. The van der Waals surface area contributed by atoms with Crippen LogP contribution in [0.2, 0.25) is 0 Å². The molecular formula is C24H24FNO4S. The van der Waals surface area contributed by atoms with Crippen LogP contribution in [-0.2, 0) is 27.7 Å². The number of rotatable bonds is 9. The molecule has 31 heavy (non-hydrogen) atoms. The number of halogens is 1. The predicted octanol–water partition coefficient (Wildman–Crippen LogP) is 4.40. The Morgan fingerprint density at radius 3 is 2.32 bits per heavy atom. The van der Waals surface area contributed by atoms with Crippen LogP contribution < -0.4 is 9.04 Å². The SMILES string of the molecule is CCc1ccc(OC)c(N(CC(=O)Cc2ccccc2F)S(=O)(=O)c2ccccc2)c1. The quantitative estimate of drug-likeness (QED) is 0.494. The maximum Gasteiger partial charge on any atom is 0.264 e. The van der Waals surface area contributed by atoms with Crippen molar-refractivity contribution in [1.82, 2.24) is 0 Å². The number of hydrogen-bond acceptors (Lipinski definition) is 4. The van der Waals surface area contributed by atoms with Crippen molar-refractivity contribution in [2.75, 3.05) is 18.0 Å². The highest BCUT2D eigenvalue weighted by Crippen LogP contribution is 2.33. The van der Waals surface area contributed by atoms with E-state index in [9.17, 15) is 17.6 Å². The molecule has 3 aromatic carbocycles.